The Morgan fingerprint density at radius 3 is 2.52 bits per heavy atom. The lowest BCUT2D eigenvalue weighted by Crippen LogP contribution is -2.40. The number of carbonyl (C=O) groups is 2. The summed E-state index contributed by atoms with van der Waals surface area (Å²) in [6, 6.07) is 0. The van der Waals surface area contributed by atoms with Crippen molar-refractivity contribution in [3.05, 3.63) is 0 Å². The summed E-state index contributed by atoms with van der Waals surface area (Å²) in [4.78, 5) is 24.3. The number of aliphatic carboxylic acids is 2. The molecule has 0 bridgehead atoms. The van der Waals surface area contributed by atoms with Gasteiger partial charge in [0.1, 0.15) is 12.0 Å². The standard InChI is InChI=1S/C17H31NO7/c1-13(2)24-8-4-6-18-7-5-17(11-18,16(21)22)12-23-9-14(3)25-10-15(19)20/h13-14H,4-12H2,1-3H3,(H,19,20)(H,21,22). The summed E-state index contributed by atoms with van der Waals surface area (Å²) in [5.74, 6) is -1.89. The number of rotatable bonds is 13. The quantitative estimate of drug-likeness (QED) is 0.470. The monoisotopic (exact) mass is 361 g/mol. The van der Waals surface area contributed by atoms with Crippen LogP contribution >= 0.6 is 0 Å². The van der Waals surface area contributed by atoms with Crippen molar-refractivity contribution in [3.8, 4) is 0 Å². The van der Waals surface area contributed by atoms with E-state index in [0.29, 0.717) is 19.6 Å². The first kappa shape index (κ1) is 21.8. The van der Waals surface area contributed by atoms with Crippen LogP contribution in [0.5, 0.6) is 0 Å². The van der Waals surface area contributed by atoms with Gasteiger partial charge in [-0.2, -0.15) is 0 Å². The van der Waals surface area contributed by atoms with E-state index in [1.165, 1.54) is 0 Å². The number of carboxylic acids is 2. The summed E-state index contributed by atoms with van der Waals surface area (Å²) in [5, 5.41) is 18.2. The molecule has 146 valence electrons. The van der Waals surface area contributed by atoms with Gasteiger partial charge in [0.15, 0.2) is 0 Å². The van der Waals surface area contributed by atoms with Gasteiger partial charge in [-0.3, -0.25) is 4.79 Å². The van der Waals surface area contributed by atoms with Gasteiger partial charge in [0.05, 0.1) is 25.4 Å². The van der Waals surface area contributed by atoms with Crippen molar-refractivity contribution >= 4 is 11.9 Å². The van der Waals surface area contributed by atoms with E-state index in [1.54, 1.807) is 6.92 Å². The smallest absolute Gasteiger partial charge is 0.329 e. The highest BCUT2D eigenvalue weighted by Crippen LogP contribution is 2.31. The summed E-state index contributed by atoms with van der Waals surface area (Å²) in [6.45, 7) is 8.22. The highest BCUT2D eigenvalue weighted by atomic mass is 16.5. The topological polar surface area (TPSA) is 106 Å². The Kier molecular flexibility index (Phi) is 9.34. The Morgan fingerprint density at radius 2 is 1.92 bits per heavy atom. The third-order valence-electron chi connectivity index (χ3n) is 4.18. The maximum atomic E-state index is 11.7. The second kappa shape index (κ2) is 10.7. The Bertz CT molecular complexity index is 429. The third-order valence-corrected chi connectivity index (χ3v) is 4.18. The third kappa shape index (κ3) is 8.13. The zero-order valence-electron chi connectivity index (χ0n) is 15.4. The van der Waals surface area contributed by atoms with E-state index >= 15 is 0 Å². The van der Waals surface area contributed by atoms with Crippen LogP contribution in [0.1, 0.15) is 33.6 Å². The molecule has 0 amide bonds. The fourth-order valence-corrected chi connectivity index (χ4v) is 2.79. The van der Waals surface area contributed by atoms with E-state index in [4.69, 9.17) is 19.3 Å². The molecule has 1 heterocycles. The molecule has 2 N–H and O–H groups in total. The van der Waals surface area contributed by atoms with Gasteiger partial charge in [0, 0.05) is 19.7 Å². The maximum absolute atomic E-state index is 11.7. The van der Waals surface area contributed by atoms with Crippen LogP contribution in [0.25, 0.3) is 0 Å². The highest BCUT2D eigenvalue weighted by Gasteiger charge is 2.45. The van der Waals surface area contributed by atoms with Crippen LogP contribution in [-0.4, -0.2) is 85.3 Å². The predicted molar refractivity (Wildman–Crippen MR) is 90.7 cm³/mol. The normalized spacial score (nSPS) is 22.4. The number of likely N-dealkylation sites (tertiary alicyclic amines) is 1. The molecule has 2 atom stereocenters. The number of carboxylic acid groups (broad SMARTS) is 2. The summed E-state index contributed by atoms with van der Waals surface area (Å²) < 4.78 is 16.1. The van der Waals surface area contributed by atoms with Gasteiger partial charge in [-0.1, -0.05) is 0 Å². The van der Waals surface area contributed by atoms with Crippen LogP contribution in [0.3, 0.4) is 0 Å². The summed E-state index contributed by atoms with van der Waals surface area (Å²) >= 11 is 0. The second-order valence-corrected chi connectivity index (χ2v) is 6.92. The summed E-state index contributed by atoms with van der Waals surface area (Å²) in [6.07, 6.45) is 1.22. The Hall–Kier alpha value is -1.22. The van der Waals surface area contributed by atoms with E-state index in [2.05, 4.69) is 4.90 Å². The molecule has 0 aromatic heterocycles. The predicted octanol–water partition coefficient (Wildman–Crippen LogP) is 1.08. The van der Waals surface area contributed by atoms with Crippen LogP contribution in [0.4, 0.5) is 0 Å². The van der Waals surface area contributed by atoms with Gasteiger partial charge in [0.2, 0.25) is 0 Å². The molecular weight excluding hydrogens is 330 g/mol. The first-order valence-electron chi connectivity index (χ1n) is 8.73. The van der Waals surface area contributed by atoms with E-state index in [0.717, 1.165) is 19.5 Å². The molecule has 0 spiro atoms. The molecule has 0 radical (unpaired) electrons. The van der Waals surface area contributed by atoms with E-state index in [9.17, 15) is 14.7 Å². The van der Waals surface area contributed by atoms with Crippen LogP contribution < -0.4 is 0 Å². The van der Waals surface area contributed by atoms with Crippen LogP contribution in [0.15, 0.2) is 0 Å². The first-order valence-corrected chi connectivity index (χ1v) is 8.73. The van der Waals surface area contributed by atoms with Crippen LogP contribution in [0, 0.1) is 5.41 Å². The van der Waals surface area contributed by atoms with Gasteiger partial charge in [0.25, 0.3) is 0 Å². The average molecular weight is 361 g/mol. The first-order chi connectivity index (χ1) is 11.7. The lowest BCUT2D eigenvalue weighted by molar-refractivity contribution is -0.153. The minimum Gasteiger partial charge on any atom is -0.481 e. The molecular formula is C17H31NO7. The molecule has 25 heavy (non-hydrogen) atoms. The number of hydrogen-bond donors (Lipinski definition) is 2. The molecule has 1 saturated heterocycles. The fourth-order valence-electron chi connectivity index (χ4n) is 2.79. The lowest BCUT2D eigenvalue weighted by atomic mass is 9.88. The van der Waals surface area contributed by atoms with Crippen molar-refractivity contribution in [2.24, 2.45) is 5.41 Å². The largest absolute Gasteiger partial charge is 0.481 e. The molecule has 0 aliphatic carbocycles. The molecule has 0 aromatic carbocycles. The van der Waals surface area contributed by atoms with Gasteiger partial charge in [-0.25, -0.2) is 4.79 Å². The van der Waals surface area contributed by atoms with Gasteiger partial charge >= 0.3 is 11.9 Å². The van der Waals surface area contributed by atoms with Gasteiger partial charge in [-0.15, -0.1) is 0 Å². The molecule has 2 unspecified atom stereocenters. The van der Waals surface area contributed by atoms with E-state index in [-0.39, 0.29) is 25.9 Å². The fraction of sp³-hybridized carbons (Fsp3) is 0.882. The minimum absolute atomic E-state index is 0.0993. The van der Waals surface area contributed by atoms with E-state index in [1.807, 2.05) is 13.8 Å². The zero-order chi connectivity index (χ0) is 18.9. The van der Waals surface area contributed by atoms with Crippen molar-refractivity contribution in [2.75, 3.05) is 46.1 Å². The van der Waals surface area contributed by atoms with E-state index < -0.39 is 23.5 Å². The Labute approximate surface area is 149 Å². The number of nitrogens with zero attached hydrogens (tertiary/aromatic N) is 1. The molecule has 1 fully saturated rings. The SMILES string of the molecule is CC(C)OCCCN1CCC(COCC(C)OCC(=O)O)(C(=O)O)C1. The summed E-state index contributed by atoms with van der Waals surface area (Å²) in [7, 11) is 0. The maximum Gasteiger partial charge on any atom is 0.329 e. The van der Waals surface area contributed by atoms with Crippen molar-refractivity contribution < 1.29 is 34.0 Å². The van der Waals surface area contributed by atoms with Crippen molar-refractivity contribution in [3.63, 3.8) is 0 Å². The summed E-state index contributed by atoms with van der Waals surface area (Å²) in [5.41, 5.74) is -0.911. The van der Waals surface area contributed by atoms with Gasteiger partial charge in [-0.05, 0) is 40.2 Å². The Morgan fingerprint density at radius 1 is 1.20 bits per heavy atom. The molecule has 0 saturated carbocycles. The van der Waals surface area contributed by atoms with Crippen LogP contribution in [0.2, 0.25) is 0 Å². The number of ether oxygens (including phenoxy) is 3. The van der Waals surface area contributed by atoms with Crippen molar-refractivity contribution in [2.45, 2.75) is 45.8 Å². The van der Waals surface area contributed by atoms with Crippen molar-refractivity contribution in [1.82, 2.24) is 4.90 Å². The molecule has 1 rings (SSSR count). The second-order valence-electron chi connectivity index (χ2n) is 6.92. The molecule has 1 aliphatic heterocycles. The number of hydrogen-bond acceptors (Lipinski definition) is 6. The zero-order valence-corrected chi connectivity index (χ0v) is 15.4. The molecule has 8 nitrogen and oxygen atoms in total. The lowest BCUT2D eigenvalue weighted by Gasteiger charge is -2.25. The minimum atomic E-state index is -1.04. The highest BCUT2D eigenvalue weighted by molar-refractivity contribution is 5.75. The van der Waals surface area contributed by atoms with Crippen molar-refractivity contribution in [1.29, 1.82) is 0 Å². The molecule has 8 heteroatoms. The Balaban J connectivity index is 2.35. The average Bonchev–Trinajstić information content (AvgIpc) is 2.94. The van der Waals surface area contributed by atoms with Crippen LogP contribution in [-0.2, 0) is 23.8 Å². The molecule has 0 aromatic rings. The van der Waals surface area contributed by atoms with Gasteiger partial charge < -0.3 is 29.3 Å². The molecule has 1 aliphatic rings.